The standard InChI is InChI=1S/C20H22N6O3/c1-26-20(27)18(23-9-13-7-21-12-22-8-13)6-19(25-26)29-11-14-5-16(14)17-4-3-15(28-2)10-24-17/h3-4,6-8,10,12,14,16,23H,5,9,11H2,1-2H3. The molecule has 3 aromatic rings. The van der Waals surface area contributed by atoms with Gasteiger partial charge in [0.15, 0.2) is 0 Å². The van der Waals surface area contributed by atoms with E-state index in [1.54, 1.807) is 38.8 Å². The lowest BCUT2D eigenvalue weighted by Crippen LogP contribution is -2.24. The molecule has 3 heterocycles. The number of rotatable bonds is 8. The predicted octanol–water partition coefficient (Wildman–Crippen LogP) is 1.77. The predicted molar refractivity (Wildman–Crippen MR) is 106 cm³/mol. The maximum absolute atomic E-state index is 12.3. The zero-order valence-corrected chi connectivity index (χ0v) is 16.3. The van der Waals surface area contributed by atoms with Gasteiger partial charge >= 0.3 is 0 Å². The number of hydrogen-bond acceptors (Lipinski definition) is 8. The van der Waals surface area contributed by atoms with Crippen LogP contribution in [0.25, 0.3) is 0 Å². The molecular formula is C20H22N6O3. The molecule has 0 saturated heterocycles. The van der Waals surface area contributed by atoms with Crippen molar-refractivity contribution in [2.24, 2.45) is 13.0 Å². The molecule has 1 saturated carbocycles. The molecule has 9 nitrogen and oxygen atoms in total. The Kier molecular flexibility index (Phi) is 5.37. The molecule has 0 bridgehead atoms. The fraction of sp³-hybridized carbons (Fsp3) is 0.350. The summed E-state index contributed by atoms with van der Waals surface area (Å²) in [5, 5.41) is 7.30. The average Bonchev–Trinajstić information content (AvgIpc) is 3.54. The molecule has 29 heavy (non-hydrogen) atoms. The van der Waals surface area contributed by atoms with Gasteiger partial charge < -0.3 is 14.8 Å². The van der Waals surface area contributed by atoms with E-state index in [1.807, 2.05) is 12.1 Å². The number of hydrogen-bond donors (Lipinski definition) is 1. The molecule has 0 spiro atoms. The van der Waals surface area contributed by atoms with E-state index in [0.717, 1.165) is 23.4 Å². The number of ether oxygens (including phenoxy) is 2. The molecule has 4 rings (SSSR count). The fourth-order valence-corrected chi connectivity index (χ4v) is 3.12. The highest BCUT2D eigenvalue weighted by Crippen LogP contribution is 2.46. The molecule has 0 radical (unpaired) electrons. The first-order valence-corrected chi connectivity index (χ1v) is 9.33. The minimum absolute atomic E-state index is 0.221. The molecule has 0 amide bonds. The first kappa shape index (κ1) is 18.9. The van der Waals surface area contributed by atoms with E-state index in [1.165, 1.54) is 11.0 Å². The van der Waals surface area contributed by atoms with Gasteiger partial charge in [-0.25, -0.2) is 14.6 Å². The maximum atomic E-state index is 12.3. The van der Waals surface area contributed by atoms with Gasteiger partial charge in [0, 0.05) is 55.1 Å². The molecule has 1 N–H and O–H groups in total. The number of nitrogens with one attached hydrogen (secondary N) is 1. The summed E-state index contributed by atoms with van der Waals surface area (Å²) in [7, 11) is 3.23. The second kappa shape index (κ2) is 8.26. The van der Waals surface area contributed by atoms with Crippen molar-refractivity contribution in [1.29, 1.82) is 0 Å². The molecule has 1 fully saturated rings. The summed E-state index contributed by atoms with van der Waals surface area (Å²) in [5.41, 5.74) is 2.12. The number of pyridine rings is 1. The Morgan fingerprint density at radius 2 is 2.07 bits per heavy atom. The Bertz CT molecular complexity index is 1020. The van der Waals surface area contributed by atoms with E-state index in [0.29, 0.717) is 36.6 Å². The van der Waals surface area contributed by atoms with Gasteiger partial charge in [0.25, 0.3) is 5.56 Å². The molecule has 2 unspecified atom stereocenters. The minimum atomic E-state index is -0.221. The Balaban J connectivity index is 1.36. The summed E-state index contributed by atoms with van der Waals surface area (Å²) in [4.78, 5) is 24.7. The third-order valence-corrected chi connectivity index (χ3v) is 4.88. The Labute approximate surface area is 167 Å². The van der Waals surface area contributed by atoms with Crippen LogP contribution in [0.3, 0.4) is 0 Å². The van der Waals surface area contributed by atoms with Crippen LogP contribution in [-0.2, 0) is 13.6 Å². The quantitative estimate of drug-likeness (QED) is 0.616. The van der Waals surface area contributed by atoms with Crippen LogP contribution in [0, 0.1) is 5.92 Å². The third kappa shape index (κ3) is 4.50. The maximum Gasteiger partial charge on any atom is 0.290 e. The number of aromatic nitrogens is 5. The van der Waals surface area contributed by atoms with Crippen molar-refractivity contribution in [2.45, 2.75) is 18.9 Å². The van der Waals surface area contributed by atoms with Crippen LogP contribution in [0.15, 0.2) is 47.9 Å². The SMILES string of the molecule is COc1ccc(C2CC2COc2cc(NCc3cncnc3)c(=O)n(C)n2)nc1. The lowest BCUT2D eigenvalue weighted by molar-refractivity contribution is 0.278. The zero-order valence-electron chi connectivity index (χ0n) is 16.3. The van der Waals surface area contributed by atoms with Gasteiger partial charge in [-0.2, -0.15) is 0 Å². The molecule has 150 valence electrons. The average molecular weight is 394 g/mol. The zero-order chi connectivity index (χ0) is 20.2. The highest BCUT2D eigenvalue weighted by atomic mass is 16.5. The Morgan fingerprint density at radius 3 is 2.79 bits per heavy atom. The van der Waals surface area contributed by atoms with Crippen LogP contribution in [0.1, 0.15) is 23.6 Å². The van der Waals surface area contributed by atoms with Crippen LogP contribution in [0.5, 0.6) is 11.6 Å². The van der Waals surface area contributed by atoms with Gasteiger partial charge in [0.1, 0.15) is 17.8 Å². The van der Waals surface area contributed by atoms with Crippen molar-refractivity contribution in [3.8, 4) is 11.6 Å². The van der Waals surface area contributed by atoms with Crippen molar-refractivity contribution < 1.29 is 9.47 Å². The second-order valence-electron chi connectivity index (χ2n) is 6.96. The Hall–Kier alpha value is -3.49. The van der Waals surface area contributed by atoms with Crippen LogP contribution in [-0.4, -0.2) is 38.4 Å². The summed E-state index contributed by atoms with van der Waals surface area (Å²) >= 11 is 0. The fourth-order valence-electron chi connectivity index (χ4n) is 3.12. The van der Waals surface area contributed by atoms with Gasteiger partial charge in [0.05, 0.1) is 19.9 Å². The molecule has 0 aromatic carbocycles. The van der Waals surface area contributed by atoms with E-state index in [2.05, 4.69) is 25.4 Å². The number of aryl methyl sites for hydroxylation is 1. The first-order chi connectivity index (χ1) is 14.1. The number of methoxy groups -OCH3 is 1. The molecule has 0 aliphatic heterocycles. The van der Waals surface area contributed by atoms with Crippen LogP contribution in [0.4, 0.5) is 5.69 Å². The van der Waals surface area contributed by atoms with E-state index in [4.69, 9.17) is 9.47 Å². The molecule has 2 atom stereocenters. The lowest BCUT2D eigenvalue weighted by atomic mass is 10.2. The largest absolute Gasteiger partial charge is 0.495 e. The van der Waals surface area contributed by atoms with Gasteiger partial charge in [-0.1, -0.05) is 0 Å². The topological polar surface area (TPSA) is 104 Å². The van der Waals surface area contributed by atoms with Crippen LogP contribution < -0.4 is 20.3 Å². The normalized spacial score (nSPS) is 17.6. The summed E-state index contributed by atoms with van der Waals surface area (Å²) in [5.74, 6) is 1.92. The lowest BCUT2D eigenvalue weighted by Gasteiger charge is -2.10. The summed E-state index contributed by atoms with van der Waals surface area (Å²) < 4.78 is 12.3. The number of nitrogens with zero attached hydrogens (tertiary/aromatic N) is 5. The van der Waals surface area contributed by atoms with Crippen molar-refractivity contribution in [3.63, 3.8) is 0 Å². The van der Waals surface area contributed by atoms with Crippen molar-refractivity contribution in [3.05, 3.63) is 64.7 Å². The summed E-state index contributed by atoms with van der Waals surface area (Å²) in [6, 6.07) is 5.54. The Morgan fingerprint density at radius 1 is 1.24 bits per heavy atom. The van der Waals surface area contributed by atoms with E-state index in [-0.39, 0.29) is 5.56 Å². The first-order valence-electron chi connectivity index (χ1n) is 9.33. The van der Waals surface area contributed by atoms with Crippen LogP contribution in [0.2, 0.25) is 0 Å². The van der Waals surface area contributed by atoms with Gasteiger partial charge in [-0.3, -0.25) is 9.78 Å². The van der Waals surface area contributed by atoms with Crippen molar-refractivity contribution >= 4 is 5.69 Å². The van der Waals surface area contributed by atoms with Crippen molar-refractivity contribution in [2.75, 3.05) is 19.0 Å². The highest BCUT2D eigenvalue weighted by Gasteiger charge is 2.40. The van der Waals surface area contributed by atoms with E-state index in [9.17, 15) is 4.79 Å². The van der Waals surface area contributed by atoms with Gasteiger partial charge in [0.2, 0.25) is 5.88 Å². The molecular weight excluding hydrogens is 372 g/mol. The molecule has 9 heteroatoms. The highest BCUT2D eigenvalue weighted by molar-refractivity contribution is 5.43. The number of anilines is 1. The monoisotopic (exact) mass is 394 g/mol. The second-order valence-corrected chi connectivity index (χ2v) is 6.96. The van der Waals surface area contributed by atoms with Gasteiger partial charge in [-0.15, -0.1) is 5.10 Å². The molecule has 1 aliphatic carbocycles. The minimum Gasteiger partial charge on any atom is -0.495 e. The third-order valence-electron chi connectivity index (χ3n) is 4.88. The summed E-state index contributed by atoms with van der Waals surface area (Å²) in [6.45, 7) is 0.961. The summed E-state index contributed by atoms with van der Waals surface area (Å²) in [6.07, 6.45) is 7.61. The van der Waals surface area contributed by atoms with Gasteiger partial charge in [-0.05, 0) is 18.6 Å². The van der Waals surface area contributed by atoms with E-state index < -0.39 is 0 Å². The van der Waals surface area contributed by atoms with E-state index >= 15 is 0 Å². The van der Waals surface area contributed by atoms with Crippen molar-refractivity contribution in [1.82, 2.24) is 24.7 Å². The van der Waals surface area contributed by atoms with Crippen LogP contribution >= 0.6 is 0 Å². The smallest absolute Gasteiger partial charge is 0.290 e. The molecule has 3 aromatic heterocycles. The molecule has 1 aliphatic rings.